The van der Waals surface area contributed by atoms with Crippen molar-refractivity contribution in [2.45, 2.75) is 33.1 Å². The van der Waals surface area contributed by atoms with E-state index in [0.29, 0.717) is 5.88 Å². The minimum Gasteiger partial charge on any atom is -0.439 e. The van der Waals surface area contributed by atoms with Gasteiger partial charge in [-0.25, -0.2) is 4.98 Å². The lowest BCUT2D eigenvalue weighted by atomic mass is 10.1. The fraction of sp³-hybridized carbons (Fsp3) is 0.312. The van der Waals surface area contributed by atoms with Crippen LogP contribution in [0.25, 0.3) is 0 Å². The van der Waals surface area contributed by atoms with E-state index in [-0.39, 0.29) is 0 Å². The SMILES string of the molecule is CCCCc1ccc(Oc2ccc(Br)c(C)n2)cc1. The highest BCUT2D eigenvalue weighted by Crippen LogP contribution is 2.23. The molecule has 0 aliphatic rings. The molecule has 100 valence electrons. The van der Waals surface area contributed by atoms with Crippen molar-refractivity contribution in [1.82, 2.24) is 4.98 Å². The molecular formula is C16H18BrNO. The Balaban J connectivity index is 2.04. The van der Waals surface area contributed by atoms with Crippen molar-refractivity contribution in [2.24, 2.45) is 0 Å². The van der Waals surface area contributed by atoms with E-state index in [4.69, 9.17) is 4.74 Å². The van der Waals surface area contributed by atoms with Crippen molar-refractivity contribution in [3.05, 3.63) is 52.1 Å². The summed E-state index contributed by atoms with van der Waals surface area (Å²) in [7, 11) is 0. The Morgan fingerprint density at radius 3 is 2.47 bits per heavy atom. The lowest BCUT2D eigenvalue weighted by Crippen LogP contribution is -1.91. The standard InChI is InChI=1S/C16H18BrNO/c1-3-4-5-13-6-8-14(9-7-13)19-16-11-10-15(17)12(2)18-16/h6-11H,3-5H2,1-2H3. The van der Waals surface area contributed by atoms with Crippen LogP contribution in [0.3, 0.4) is 0 Å². The highest BCUT2D eigenvalue weighted by atomic mass is 79.9. The fourth-order valence-electron chi connectivity index (χ4n) is 1.80. The van der Waals surface area contributed by atoms with Gasteiger partial charge < -0.3 is 4.74 Å². The molecule has 0 saturated heterocycles. The van der Waals surface area contributed by atoms with Crippen LogP contribution in [-0.4, -0.2) is 4.98 Å². The number of ether oxygens (including phenoxy) is 1. The van der Waals surface area contributed by atoms with E-state index in [1.54, 1.807) is 0 Å². The minimum atomic E-state index is 0.627. The van der Waals surface area contributed by atoms with Gasteiger partial charge in [-0.15, -0.1) is 0 Å². The van der Waals surface area contributed by atoms with Crippen LogP contribution in [0.5, 0.6) is 11.6 Å². The Morgan fingerprint density at radius 1 is 1.11 bits per heavy atom. The summed E-state index contributed by atoms with van der Waals surface area (Å²) in [6.45, 7) is 4.16. The zero-order valence-corrected chi connectivity index (χ0v) is 12.9. The van der Waals surface area contributed by atoms with Gasteiger partial charge in [-0.1, -0.05) is 25.5 Å². The second-order valence-electron chi connectivity index (χ2n) is 4.57. The smallest absolute Gasteiger partial charge is 0.219 e. The number of benzene rings is 1. The lowest BCUT2D eigenvalue weighted by molar-refractivity contribution is 0.461. The van der Waals surface area contributed by atoms with Crippen LogP contribution in [0.4, 0.5) is 0 Å². The maximum Gasteiger partial charge on any atom is 0.219 e. The van der Waals surface area contributed by atoms with Gasteiger partial charge in [0.15, 0.2) is 0 Å². The molecule has 0 saturated carbocycles. The Labute approximate surface area is 123 Å². The molecule has 0 unspecified atom stereocenters. The van der Waals surface area contributed by atoms with Crippen LogP contribution in [0.15, 0.2) is 40.9 Å². The molecule has 1 heterocycles. The van der Waals surface area contributed by atoms with Crippen molar-refractivity contribution in [1.29, 1.82) is 0 Å². The van der Waals surface area contributed by atoms with E-state index in [0.717, 1.165) is 22.3 Å². The van der Waals surface area contributed by atoms with Crippen LogP contribution >= 0.6 is 15.9 Å². The summed E-state index contributed by atoms with van der Waals surface area (Å²) in [4.78, 5) is 4.37. The molecule has 2 rings (SSSR count). The van der Waals surface area contributed by atoms with E-state index in [1.807, 2.05) is 31.2 Å². The number of hydrogen-bond donors (Lipinski definition) is 0. The molecule has 0 N–H and O–H groups in total. The molecule has 0 spiro atoms. The summed E-state index contributed by atoms with van der Waals surface area (Å²) in [6.07, 6.45) is 3.58. The lowest BCUT2D eigenvalue weighted by Gasteiger charge is -2.07. The van der Waals surface area contributed by atoms with Crippen molar-refractivity contribution in [2.75, 3.05) is 0 Å². The summed E-state index contributed by atoms with van der Waals surface area (Å²) < 4.78 is 6.74. The predicted molar refractivity (Wildman–Crippen MR) is 81.8 cm³/mol. The van der Waals surface area contributed by atoms with Crippen molar-refractivity contribution in [3.8, 4) is 11.6 Å². The largest absolute Gasteiger partial charge is 0.439 e. The first-order valence-corrected chi connectivity index (χ1v) is 7.38. The van der Waals surface area contributed by atoms with E-state index < -0.39 is 0 Å². The first-order chi connectivity index (χ1) is 9.19. The Kier molecular flexibility index (Phi) is 4.97. The van der Waals surface area contributed by atoms with Gasteiger partial charge in [0.05, 0.1) is 5.69 Å². The maximum absolute atomic E-state index is 5.74. The summed E-state index contributed by atoms with van der Waals surface area (Å²) in [5, 5.41) is 0. The quantitative estimate of drug-likeness (QED) is 0.747. The molecule has 19 heavy (non-hydrogen) atoms. The molecule has 0 atom stereocenters. The van der Waals surface area contributed by atoms with Crippen LogP contribution in [0, 0.1) is 6.92 Å². The zero-order chi connectivity index (χ0) is 13.7. The number of pyridine rings is 1. The second-order valence-corrected chi connectivity index (χ2v) is 5.42. The fourth-order valence-corrected chi connectivity index (χ4v) is 2.02. The predicted octanol–water partition coefficient (Wildman–Crippen LogP) is 5.29. The van der Waals surface area contributed by atoms with E-state index in [1.165, 1.54) is 18.4 Å². The molecule has 0 bridgehead atoms. The van der Waals surface area contributed by atoms with Crippen LogP contribution in [0.2, 0.25) is 0 Å². The summed E-state index contributed by atoms with van der Waals surface area (Å²) in [6, 6.07) is 12.1. The summed E-state index contributed by atoms with van der Waals surface area (Å²) in [5.74, 6) is 1.46. The number of aryl methyl sites for hydroxylation is 2. The molecule has 0 aliphatic heterocycles. The number of nitrogens with zero attached hydrogens (tertiary/aromatic N) is 1. The molecule has 0 radical (unpaired) electrons. The number of hydrogen-bond acceptors (Lipinski definition) is 2. The third-order valence-electron chi connectivity index (χ3n) is 2.96. The molecule has 0 fully saturated rings. The van der Waals surface area contributed by atoms with Gasteiger partial charge in [-0.3, -0.25) is 0 Å². The van der Waals surface area contributed by atoms with Gasteiger partial charge in [-0.05, 0) is 59.5 Å². The molecule has 0 aliphatic carbocycles. The first kappa shape index (κ1) is 14.1. The van der Waals surface area contributed by atoms with Crippen molar-refractivity contribution >= 4 is 15.9 Å². The average Bonchev–Trinajstić information content (AvgIpc) is 2.42. The van der Waals surface area contributed by atoms with Gasteiger partial charge in [-0.2, -0.15) is 0 Å². The molecule has 3 heteroatoms. The van der Waals surface area contributed by atoms with Gasteiger partial charge in [0.1, 0.15) is 5.75 Å². The average molecular weight is 320 g/mol. The van der Waals surface area contributed by atoms with Crippen LogP contribution < -0.4 is 4.74 Å². The number of aromatic nitrogens is 1. The van der Waals surface area contributed by atoms with Gasteiger partial charge in [0.25, 0.3) is 0 Å². The highest BCUT2D eigenvalue weighted by Gasteiger charge is 2.02. The zero-order valence-electron chi connectivity index (χ0n) is 11.3. The topological polar surface area (TPSA) is 22.1 Å². The second kappa shape index (κ2) is 6.71. The maximum atomic E-state index is 5.74. The van der Waals surface area contributed by atoms with Crippen molar-refractivity contribution in [3.63, 3.8) is 0 Å². The molecule has 1 aromatic carbocycles. The molecule has 1 aromatic heterocycles. The van der Waals surface area contributed by atoms with Gasteiger partial charge >= 0.3 is 0 Å². The summed E-state index contributed by atoms with van der Waals surface area (Å²) in [5.41, 5.74) is 2.28. The summed E-state index contributed by atoms with van der Waals surface area (Å²) >= 11 is 3.43. The third kappa shape index (κ3) is 4.06. The molecule has 2 aromatic rings. The minimum absolute atomic E-state index is 0.627. The Bertz CT molecular complexity index is 537. The Hall–Kier alpha value is -1.35. The number of rotatable bonds is 5. The van der Waals surface area contributed by atoms with Crippen molar-refractivity contribution < 1.29 is 4.74 Å². The molecule has 2 nitrogen and oxygen atoms in total. The van der Waals surface area contributed by atoms with Crippen LogP contribution in [-0.2, 0) is 6.42 Å². The number of unbranched alkanes of at least 4 members (excludes halogenated alkanes) is 1. The number of halogens is 1. The first-order valence-electron chi connectivity index (χ1n) is 6.59. The monoisotopic (exact) mass is 319 g/mol. The van der Waals surface area contributed by atoms with Gasteiger partial charge in [0, 0.05) is 10.5 Å². The van der Waals surface area contributed by atoms with Crippen LogP contribution in [0.1, 0.15) is 31.0 Å². The normalized spacial score (nSPS) is 10.5. The van der Waals surface area contributed by atoms with E-state index in [2.05, 4.69) is 40.0 Å². The molecule has 0 amide bonds. The Morgan fingerprint density at radius 2 is 1.84 bits per heavy atom. The van der Waals surface area contributed by atoms with E-state index in [9.17, 15) is 0 Å². The third-order valence-corrected chi connectivity index (χ3v) is 3.80. The van der Waals surface area contributed by atoms with Gasteiger partial charge in [0.2, 0.25) is 5.88 Å². The van der Waals surface area contributed by atoms with E-state index >= 15 is 0 Å². The highest BCUT2D eigenvalue weighted by molar-refractivity contribution is 9.10. The molecular weight excluding hydrogens is 302 g/mol.